The highest BCUT2D eigenvalue weighted by Crippen LogP contribution is 2.38. The van der Waals surface area contributed by atoms with Gasteiger partial charge in [0, 0.05) is 43.0 Å². The second-order valence-corrected chi connectivity index (χ2v) is 11.1. The van der Waals surface area contributed by atoms with Crippen molar-refractivity contribution in [3.05, 3.63) is 82.7 Å². The Morgan fingerprint density at radius 1 is 1.14 bits per heavy atom. The highest BCUT2D eigenvalue weighted by Gasteiger charge is 2.33. The molecule has 0 spiro atoms. The van der Waals surface area contributed by atoms with Gasteiger partial charge in [-0.05, 0) is 66.8 Å². The summed E-state index contributed by atoms with van der Waals surface area (Å²) in [5.74, 6) is -3.27. The van der Waals surface area contributed by atoms with Crippen molar-refractivity contribution in [3.8, 4) is 11.1 Å². The van der Waals surface area contributed by atoms with Gasteiger partial charge in [-0.1, -0.05) is 24.6 Å². The lowest BCUT2D eigenvalue weighted by molar-refractivity contribution is -0.130. The number of carboxylic acid groups (broad SMARTS) is 1. The lowest BCUT2D eigenvalue weighted by atomic mass is 9.91. The van der Waals surface area contributed by atoms with E-state index in [1.807, 2.05) is 0 Å². The number of aliphatic hydroxyl groups excluding tert-OH is 1. The summed E-state index contributed by atoms with van der Waals surface area (Å²) in [5.41, 5.74) is 2.26. The minimum atomic E-state index is -1.17. The Morgan fingerprint density at radius 3 is 2.63 bits per heavy atom. The monoisotopic (exact) mass is 610 g/mol. The van der Waals surface area contributed by atoms with Gasteiger partial charge in [-0.2, -0.15) is 0 Å². The maximum absolute atomic E-state index is 14.7. The Labute approximate surface area is 251 Å². The standard InChI is InChI=1S/C31H29ClF2N4O5/c1-16-11-20(39)15-26(38-10-8-18(13-27(38)40)28-23(33)6-5-22(32)29(28)34)25-12-17(7-9-35-25)21-4-3-19(37(2)31(42)43)14-24(21)36-30(16)41/h3-7,9,12-14,16,20,26,39H,8,10-11,15H2,1-2H3,(H,36,41)(H,42,43)/t16-,20?,26+/m1/s1. The van der Waals surface area contributed by atoms with Gasteiger partial charge >= 0.3 is 6.09 Å². The van der Waals surface area contributed by atoms with Crippen molar-refractivity contribution in [2.45, 2.75) is 38.3 Å². The van der Waals surface area contributed by atoms with Gasteiger partial charge in [-0.15, -0.1) is 0 Å². The van der Waals surface area contributed by atoms with Gasteiger partial charge in [0.05, 0.1) is 34.1 Å². The van der Waals surface area contributed by atoms with Gasteiger partial charge in [-0.25, -0.2) is 13.6 Å². The number of pyridine rings is 1. The number of amides is 3. The van der Waals surface area contributed by atoms with Gasteiger partial charge in [-0.3, -0.25) is 19.5 Å². The fourth-order valence-electron chi connectivity index (χ4n) is 5.52. The van der Waals surface area contributed by atoms with E-state index in [1.54, 1.807) is 43.5 Å². The molecule has 2 aliphatic heterocycles. The van der Waals surface area contributed by atoms with Gasteiger partial charge in [0.2, 0.25) is 11.8 Å². The summed E-state index contributed by atoms with van der Waals surface area (Å²) in [6.45, 7) is 1.76. The van der Waals surface area contributed by atoms with Crippen LogP contribution in [0.5, 0.6) is 0 Å². The number of anilines is 2. The predicted molar refractivity (Wildman–Crippen MR) is 158 cm³/mol. The number of nitrogens with zero attached hydrogens (tertiary/aromatic N) is 3. The summed E-state index contributed by atoms with van der Waals surface area (Å²) in [4.78, 5) is 45.2. The van der Waals surface area contributed by atoms with Crippen molar-refractivity contribution >= 4 is 46.5 Å². The number of nitrogens with one attached hydrogen (secondary N) is 1. The Kier molecular flexibility index (Phi) is 8.48. The number of aliphatic hydroxyl groups is 1. The number of rotatable bonds is 3. The van der Waals surface area contributed by atoms with Crippen LogP contribution in [0.25, 0.3) is 16.7 Å². The van der Waals surface area contributed by atoms with Gasteiger partial charge in [0.1, 0.15) is 5.82 Å². The van der Waals surface area contributed by atoms with Crippen LogP contribution in [0.2, 0.25) is 5.02 Å². The second-order valence-electron chi connectivity index (χ2n) is 10.7. The molecule has 3 N–H and O–H groups in total. The molecular weight excluding hydrogens is 582 g/mol. The number of hydrogen-bond donors (Lipinski definition) is 3. The Bertz CT molecular complexity index is 1650. The van der Waals surface area contributed by atoms with Crippen LogP contribution in [0.4, 0.5) is 25.0 Å². The topological polar surface area (TPSA) is 123 Å². The molecule has 3 heterocycles. The van der Waals surface area contributed by atoms with E-state index in [9.17, 15) is 33.4 Å². The molecule has 2 aliphatic rings. The van der Waals surface area contributed by atoms with Crippen molar-refractivity contribution in [2.75, 3.05) is 23.8 Å². The third-order valence-corrected chi connectivity index (χ3v) is 8.17. The largest absolute Gasteiger partial charge is 0.465 e. The quantitative estimate of drug-likeness (QED) is 0.318. The Hall–Kier alpha value is -4.35. The number of hydrogen-bond acceptors (Lipinski definition) is 5. The molecule has 1 aromatic heterocycles. The van der Waals surface area contributed by atoms with Crippen molar-refractivity contribution in [2.24, 2.45) is 5.92 Å². The number of fused-ring (bicyclic) bond motifs is 4. The van der Waals surface area contributed by atoms with Crippen molar-refractivity contribution < 1.29 is 33.4 Å². The van der Waals surface area contributed by atoms with Crippen LogP contribution in [0.1, 0.15) is 43.5 Å². The molecular formula is C31H29ClF2N4O5. The molecule has 2 aromatic carbocycles. The lowest BCUT2D eigenvalue weighted by Gasteiger charge is -2.35. The number of halogens is 3. The van der Waals surface area contributed by atoms with Crippen LogP contribution in [-0.4, -0.2) is 57.7 Å². The van der Waals surface area contributed by atoms with Crippen molar-refractivity contribution in [1.29, 1.82) is 0 Å². The first-order valence-corrected chi connectivity index (χ1v) is 14.0. The molecule has 1 unspecified atom stereocenters. The molecule has 2 bridgehead atoms. The van der Waals surface area contributed by atoms with E-state index < -0.39 is 41.7 Å². The predicted octanol–water partition coefficient (Wildman–Crippen LogP) is 5.88. The molecule has 0 saturated carbocycles. The van der Waals surface area contributed by atoms with E-state index in [4.69, 9.17) is 11.6 Å². The van der Waals surface area contributed by atoms with E-state index in [0.29, 0.717) is 28.2 Å². The minimum absolute atomic E-state index is 0.0675. The molecule has 3 aromatic rings. The molecule has 12 heteroatoms. The van der Waals surface area contributed by atoms with E-state index in [-0.39, 0.29) is 47.9 Å². The smallest absolute Gasteiger partial charge is 0.411 e. The number of aromatic nitrogens is 1. The fraction of sp³-hybridized carbons (Fsp3) is 0.290. The summed E-state index contributed by atoms with van der Waals surface area (Å²) in [7, 11) is 1.39. The number of carbonyl (C=O) groups excluding carboxylic acids is 2. The molecule has 3 amide bonds. The molecule has 0 aliphatic carbocycles. The summed E-state index contributed by atoms with van der Waals surface area (Å²) in [6.07, 6.45) is 0.836. The van der Waals surface area contributed by atoms with Crippen LogP contribution < -0.4 is 10.2 Å². The fourth-order valence-corrected chi connectivity index (χ4v) is 5.68. The molecule has 0 saturated heterocycles. The average Bonchev–Trinajstić information content (AvgIpc) is 2.97. The van der Waals surface area contributed by atoms with E-state index >= 15 is 0 Å². The van der Waals surface area contributed by atoms with Gasteiger partial charge in [0.15, 0.2) is 5.82 Å². The zero-order chi connectivity index (χ0) is 31.0. The number of benzene rings is 2. The second kappa shape index (κ2) is 12.1. The van der Waals surface area contributed by atoms with Crippen molar-refractivity contribution in [1.82, 2.24) is 9.88 Å². The summed E-state index contributed by atoms with van der Waals surface area (Å²) >= 11 is 5.87. The van der Waals surface area contributed by atoms with E-state index in [1.165, 1.54) is 18.0 Å². The first-order chi connectivity index (χ1) is 20.4. The Morgan fingerprint density at radius 2 is 1.91 bits per heavy atom. The third-order valence-electron chi connectivity index (χ3n) is 7.88. The van der Waals surface area contributed by atoms with Crippen LogP contribution >= 0.6 is 11.6 Å². The Balaban J connectivity index is 1.57. The summed E-state index contributed by atoms with van der Waals surface area (Å²) in [6, 6.07) is 9.78. The highest BCUT2D eigenvalue weighted by atomic mass is 35.5. The molecule has 3 atom stereocenters. The molecule has 0 fully saturated rings. The zero-order valence-electron chi connectivity index (χ0n) is 23.4. The van der Waals surface area contributed by atoms with Gasteiger partial charge < -0.3 is 20.4 Å². The third kappa shape index (κ3) is 6.09. The van der Waals surface area contributed by atoms with Crippen LogP contribution in [0, 0.1) is 17.6 Å². The summed E-state index contributed by atoms with van der Waals surface area (Å²) in [5, 5.41) is 23.1. The maximum Gasteiger partial charge on any atom is 0.411 e. The minimum Gasteiger partial charge on any atom is -0.465 e. The normalized spacial score (nSPS) is 20.7. The van der Waals surface area contributed by atoms with E-state index in [0.717, 1.165) is 17.0 Å². The molecule has 0 radical (unpaired) electrons. The SMILES string of the molecule is C[C@@H]1CC(O)C[C@H](N2CCC(c3c(F)ccc(Cl)c3F)=CC2=O)c2cc(ccn2)-c2ccc(N(C)C(=O)O)cc2NC1=O. The van der Waals surface area contributed by atoms with Crippen LogP contribution in [0.15, 0.2) is 54.7 Å². The lowest BCUT2D eigenvalue weighted by Crippen LogP contribution is -2.39. The van der Waals surface area contributed by atoms with Gasteiger partial charge in [0.25, 0.3) is 0 Å². The van der Waals surface area contributed by atoms with Crippen molar-refractivity contribution in [3.63, 3.8) is 0 Å². The molecule has 5 rings (SSSR count). The summed E-state index contributed by atoms with van der Waals surface area (Å²) < 4.78 is 29.3. The van der Waals surface area contributed by atoms with E-state index in [2.05, 4.69) is 10.3 Å². The average molecular weight is 611 g/mol. The van der Waals surface area contributed by atoms with Crippen LogP contribution in [0.3, 0.4) is 0 Å². The number of carbonyl (C=O) groups is 3. The maximum atomic E-state index is 14.7. The first kappa shape index (κ1) is 30.1. The highest BCUT2D eigenvalue weighted by molar-refractivity contribution is 6.31. The zero-order valence-corrected chi connectivity index (χ0v) is 24.1. The molecule has 9 nitrogen and oxygen atoms in total. The molecule has 43 heavy (non-hydrogen) atoms. The van der Waals surface area contributed by atoms with Crippen LogP contribution in [-0.2, 0) is 9.59 Å². The first-order valence-electron chi connectivity index (χ1n) is 13.7. The molecule has 224 valence electrons.